The first-order valence-electron chi connectivity index (χ1n) is 6.86. The molecule has 3 atom stereocenters. The summed E-state index contributed by atoms with van der Waals surface area (Å²) in [5.41, 5.74) is 0. The van der Waals surface area contributed by atoms with Gasteiger partial charge in [-0.3, -0.25) is 0 Å². The van der Waals surface area contributed by atoms with Crippen LogP contribution < -0.4 is 5.32 Å². The fraction of sp³-hybridized carbons (Fsp3) is 1.00. The van der Waals surface area contributed by atoms with Crippen LogP contribution in [0.1, 0.15) is 44.9 Å². The first-order valence-corrected chi connectivity index (χ1v) is 6.86. The molecule has 3 nitrogen and oxygen atoms in total. The largest absolute Gasteiger partial charge is 0.390 e. The van der Waals surface area contributed by atoms with Gasteiger partial charge in [0.2, 0.25) is 0 Å². The molecule has 1 saturated carbocycles. The van der Waals surface area contributed by atoms with E-state index in [9.17, 15) is 5.11 Å². The molecule has 0 bridgehead atoms. The Morgan fingerprint density at radius 2 is 2.00 bits per heavy atom. The Morgan fingerprint density at radius 3 is 2.81 bits per heavy atom. The Kier molecular flexibility index (Phi) is 5.07. The minimum Gasteiger partial charge on any atom is -0.390 e. The molecule has 0 amide bonds. The number of aliphatic hydroxyl groups is 1. The van der Waals surface area contributed by atoms with Crippen LogP contribution in [0.3, 0.4) is 0 Å². The smallest absolute Gasteiger partial charge is 0.0833 e. The van der Waals surface area contributed by atoms with E-state index in [1.807, 2.05) is 0 Å². The van der Waals surface area contributed by atoms with Gasteiger partial charge in [0.1, 0.15) is 0 Å². The van der Waals surface area contributed by atoms with Gasteiger partial charge < -0.3 is 15.2 Å². The average Bonchev–Trinajstić information content (AvgIpc) is 2.71. The highest BCUT2D eigenvalue weighted by Gasteiger charge is 2.22. The van der Waals surface area contributed by atoms with Crippen molar-refractivity contribution >= 4 is 0 Å². The van der Waals surface area contributed by atoms with Crippen molar-refractivity contribution < 1.29 is 9.84 Å². The van der Waals surface area contributed by atoms with E-state index in [2.05, 4.69) is 5.32 Å². The molecule has 1 aliphatic carbocycles. The van der Waals surface area contributed by atoms with Gasteiger partial charge in [0, 0.05) is 6.61 Å². The van der Waals surface area contributed by atoms with Crippen molar-refractivity contribution in [1.82, 2.24) is 5.32 Å². The SMILES string of the molecule is OC1CCCCCC1OCCC1CCNC1. The molecule has 0 radical (unpaired) electrons. The maximum absolute atomic E-state index is 9.90. The number of rotatable bonds is 4. The summed E-state index contributed by atoms with van der Waals surface area (Å²) in [4.78, 5) is 0. The molecule has 2 rings (SSSR count). The van der Waals surface area contributed by atoms with Crippen LogP contribution in [0.4, 0.5) is 0 Å². The van der Waals surface area contributed by atoms with Crippen molar-refractivity contribution in [2.24, 2.45) is 5.92 Å². The normalized spacial score (nSPS) is 36.2. The summed E-state index contributed by atoms with van der Waals surface area (Å²) in [5.74, 6) is 0.794. The monoisotopic (exact) mass is 227 g/mol. The molecule has 2 fully saturated rings. The van der Waals surface area contributed by atoms with E-state index in [4.69, 9.17) is 4.74 Å². The van der Waals surface area contributed by atoms with E-state index in [0.29, 0.717) is 0 Å². The fourth-order valence-electron chi connectivity index (χ4n) is 2.80. The molecule has 1 aliphatic heterocycles. The molecule has 16 heavy (non-hydrogen) atoms. The first-order chi connectivity index (χ1) is 7.86. The summed E-state index contributed by atoms with van der Waals surface area (Å²) < 4.78 is 5.86. The van der Waals surface area contributed by atoms with E-state index < -0.39 is 0 Å². The second-order valence-electron chi connectivity index (χ2n) is 5.26. The zero-order chi connectivity index (χ0) is 11.2. The Labute approximate surface area is 98.6 Å². The highest BCUT2D eigenvalue weighted by atomic mass is 16.5. The average molecular weight is 227 g/mol. The van der Waals surface area contributed by atoms with Crippen LogP contribution in [0.25, 0.3) is 0 Å². The van der Waals surface area contributed by atoms with E-state index in [0.717, 1.165) is 51.3 Å². The quantitative estimate of drug-likeness (QED) is 0.718. The second kappa shape index (κ2) is 6.58. The van der Waals surface area contributed by atoms with Crippen molar-refractivity contribution in [3.63, 3.8) is 0 Å². The predicted molar refractivity (Wildman–Crippen MR) is 64.4 cm³/mol. The third-order valence-corrected chi connectivity index (χ3v) is 3.94. The molecule has 0 spiro atoms. The third-order valence-electron chi connectivity index (χ3n) is 3.94. The number of hydrogen-bond acceptors (Lipinski definition) is 3. The van der Waals surface area contributed by atoms with E-state index in [-0.39, 0.29) is 12.2 Å². The minimum atomic E-state index is -0.218. The van der Waals surface area contributed by atoms with Gasteiger partial charge in [0.15, 0.2) is 0 Å². The summed E-state index contributed by atoms with van der Waals surface area (Å²) in [7, 11) is 0. The lowest BCUT2D eigenvalue weighted by Crippen LogP contribution is -2.28. The van der Waals surface area contributed by atoms with Gasteiger partial charge >= 0.3 is 0 Å². The molecule has 3 heteroatoms. The highest BCUT2D eigenvalue weighted by Crippen LogP contribution is 2.21. The summed E-state index contributed by atoms with van der Waals surface area (Å²) in [6.45, 7) is 3.14. The predicted octanol–water partition coefficient (Wildman–Crippen LogP) is 1.70. The van der Waals surface area contributed by atoms with Gasteiger partial charge in [-0.25, -0.2) is 0 Å². The van der Waals surface area contributed by atoms with Crippen molar-refractivity contribution in [2.45, 2.75) is 57.2 Å². The van der Waals surface area contributed by atoms with Gasteiger partial charge in [-0.2, -0.15) is 0 Å². The van der Waals surface area contributed by atoms with Crippen molar-refractivity contribution in [2.75, 3.05) is 19.7 Å². The molecule has 1 saturated heterocycles. The summed E-state index contributed by atoms with van der Waals surface area (Å²) in [6, 6.07) is 0. The van der Waals surface area contributed by atoms with Gasteiger partial charge in [0.05, 0.1) is 12.2 Å². The molecule has 0 aromatic rings. The summed E-state index contributed by atoms with van der Waals surface area (Å²) in [5, 5.41) is 13.3. The Bertz CT molecular complexity index is 192. The van der Waals surface area contributed by atoms with Crippen LogP contribution in [-0.2, 0) is 4.74 Å². The summed E-state index contributed by atoms with van der Waals surface area (Å²) in [6.07, 6.45) is 7.93. The topological polar surface area (TPSA) is 41.5 Å². The molecular weight excluding hydrogens is 202 g/mol. The Morgan fingerprint density at radius 1 is 1.12 bits per heavy atom. The van der Waals surface area contributed by atoms with E-state index in [1.165, 1.54) is 19.3 Å². The second-order valence-corrected chi connectivity index (χ2v) is 5.26. The lowest BCUT2D eigenvalue weighted by molar-refractivity contribution is -0.0433. The molecule has 0 aromatic carbocycles. The Balaban J connectivity index is 1.63. The molecular formula is C13H25NO2. The summed E-state index contributed by atoms with van der Waals surface area (Å²) >= 11 is 0. The van der Waals surface area contributed by atoms with Crippen molar-refractivity contribution in [1.29, 1.82) is 0 Å². The molecule has 2 N–H and O–H groups in total. The van der Waals surface area contributed by atoms with E-state index >= 15 is 0 Å². The van der Waals surface area contributed by atoms with Crippen LogP contribution in [0.15, 0.2) is 0 Å². The zero-order valence-electron chi connectivity index (χ0n) is 10.2. The van der Waals surface area contributed by atoms with Gasteiger partial charge in [-0.05, 0) is 44.7 Å². The lowest BCUT2D eigenvalue weighted by atomic mass is 10.1. The first kappa shape index (κ1) is 12.3. The standard InChI is InChI=1S/C13H25NO2/c15-12-4-2-1-3-5-13(12)16-9-7-11-6-8-14-10-11/h11-15H,1-10H2. The van der Waals surface area contributed by atoms with Gasteiger partial charge in [-0.1, -0.05) is 19.3 Å². The molecule has 2 aliphatic rings. The molecule has 94 valence electrons. The van der Waals surface area contributed by atoms with Crippen LogP contribution >= 0.6 is 0 Å². The van der Waals surface area contributed by atoms with Crippen LogP contribution in [0, 0.1) is 5.92 Å². The van der Waals surface area contributed by atoms with Crippen LogP contribution in [0.5, 0.6) is 0 Å². The highest BCUT2D eigenvalue weighted by molar-refractivity contribution is 4.74. The molecule has 1 heterocycles. The van der Waals surface area contributed by atoms with Crippen LogP contribution in [0.2, 0.25) is 0 Å². The number of ether oxygens (including phenoxy) is 1. The van der Waals surface area contributed by atoms with E-state index in [1.54, 1.807) is 0 Å². The molecule has 3 unspecified atom stereocenters. The number of aliphatic hydroxyl groups excluding tert-OH is 1. The number of nitrogens with one attached hydrogen (secondary N) is 1. The van der Waals surface area contributed by atoms with Crippen LogP contribution in [-0.4, -0.2) is 37.0 Å². The Hall–Kier alpha value is -0.120. The minimum absolute atomic E-state index is 0.108. The van der Waals surface area contributed by atoms with Gasteiger partial charge in [-0.15, -0.1) is 0 Å². The van der Waals surface area contributed by atoms with Crippen molar-refractivity contribution in [3.8, 4) is 0 Å². The lowest BCUT2D eigenvalue weighted by Gasteiger charge is -2.21. The number of hydrogen-bond donors (Lipinski definition) is 2. The van der Waals surface area contributed by atoms with Gasteiger partial charge in [0.25, 0.3) is 0 Å². The zero-order valence-corrected chi connectivity index (χ0v) is 10.2. The fourth-order valence-corrected chi connectivity index (χ4v) is 2.80. The maximum atomic E-state index is 9.90. The maximum Gasteiger partial charge on any atom is 0.0833 e. The third kappa shape index (κ3) is 3.72. The van der Waals surface area contributed by atoms with Crippen molar-refractivity contribution in [3.05, 3.63) is 0 Å². The molecule has 0 aromatic heterocycles.